The Morgan fingerprint density at radius 1 is 1.17 bits per heavy atom. The lowest BCUT2D eigenvalue weighted by atomic mass is 9.84. The molecule has 0 aliphatic heterocycles. The van der Waals surface area contributed by atoms with Crippen LogP contribution in [0.1, 0.15) is 40.9 Å². The average molecular weight is 404 g/mol. The molecule has 3 aromatic rings. The van der Waals surface area contributed by atoms with Gasteiger partial charge in [0.25, 0.3) is 5.91 Å². The molecule has 2 fully saturated rings. The number of nitrogens with zero attached hydrogens (tertiary/aromatic N) is 3. The maximum Gasteiger partial charge on any atom is 0.311 e. The number of nitrogens with one attached hydrogen (secondary N) is 1. The van der Waals surface area contributed by atoms with Crippen LogP contribution in [0.4, 0.5) is 0 Å². The van der Waals surface area contributed by atoms with E-state index in [2.05, 4.69) is 15.4 Å². The molecular weight excluding hydrogens is 380 g/mol. The first-order valence-electron chi connectivity index (χ1n) is 10.4. The molecule has 30 heavy (non-hydrogen) atoms. The molecule has 1 aromatic carbocycles. The molecule has 5 rings (SSSR count). The molecule has 2 aliphatic carbocycles. The molecule has 7 heteroatoms. The summed E-state index contributed by atoms with van der Waals surface area (Å²) < 4.78 is 7.23. The lowest BCUT2D eigenvalue weighted by Crippen LogP contribution is -2.47. The van der Waals surface area contributed by atoms with Gasteiger partial charge in [0.1, 0.15) is 12.2 Å². The number of aryl methyl sites for hydroxylation is 1. The predicted molar refractivity (Wildman–Crippen MR) is 110 cm³/mol. The molecular formula is C23H24N4O3. The highest BCUT2D eigenvalue weighted by atomic mass is 16.5. The van der Waals surface area contributed by atoms with Crippen molar-refractivity contribution in [1.29, 1.82) is 0 Å². The van der Waals surface area contributed by atoms with Crippen LogP contribution in [0.2, 0.25) is 0 Å². The number of esters is 1. The van der Waals surface area contributed by atoms with E-state index in [4.69, 9.17) is 4.74 Å². The van der Waals surface area contributed by atoms with Crippen molar-refractivity contribution in [3.8, 4) is 0 Å². The van der Waals surface area contributed by atoms with Crippen LogP contribution in [0.25, 0.3) is 5.65 Å². The summed E-state index contributed by atoms with van der Waals surface area (Å²) in [4.78, 5) is 30.4. The second-order valence-corrected chi connectivity index (χ2v) is 8.35. The number of benzene rings is 1. The van der Waals surface area contributed by atoms with Crippen LogP contribution in [-0.4, -0.2) is 32.5 Å². The second kappa shape index (κ2) is 7.55. The van der Waals surface area contributed by atoms with Gasteiger partial charge >= 0.3 is 5.97 Å². The van der Waals surface area contributed by atoms with Gasteiger partial charge in [0.05, 0.1) is 12.1 Å². The number of fused-ring (bicyclic) bond motifs is 3. The Labute approximate surface area is 174 Å². The fraction of sp³-hybridized carbons (Fsp3) is 0.391. The number of hydrogen-bond acceptors (Lipinski definition) is 5. The van der Waals surface area contributed by atoms with Gasteiger partial charge in [-0.2, -0.15) is 5.10 Å². The summed E-state index contributed by atoms with van der Waals surface area (Å²) in [5.74, 6) is -0.169. The first kappa shape index (κ1) is 18.8. The summed E-state index contributed by atoms with van der Waals surface area (Å²) in [6.07, 6.45) is 6.33. The average Bonchev–Trinajstić information content (AvgIpc) is 3.47. The van der Waals surface area contributed by atoms with Crippen LogP contribution >= 0.6 is 0 Å². The molecule has 1 N–H and O–H groups in total. The van der Waals surface area contributed by atoms with Gasteiger partial charge in [-0.1, -0.05) is 30.3 Å². The fourth-order valence-electron chi connectivity index (χ4n) is 5.01. The number of rotatable bonds is 5. The van der Waals surface area contributed by atoms with E-state index in [1.807, 2.05) is 43.3 Å². The van der Waals surface area contributed by atoms with Gasteiger partial charge in [-0.05, 0) is 49.7 Å². The quantitative estimate of drug-likeness (QED) is 0.661. The van der Waals surface area contributed by atoms with Gasteiger partial charge in [-0.25, -0.2) is 9.50 Å². The van der Waals surface area contributed by atoms with Crippen LogP contribution in [0, 0.1) is 24.7 Å². The van der Waals surface area contributed by atoms with Crippen LogP contribution in [0.5, 0.6) is 0 Å². The van der Waals surface area contributed by atoms with Gasteiger partial charge in [0.15, 0.2) is 5.65 Å². The van der Waals surface area contributed by atoms with Crippen LogP contribution in [0.15, 0.2) is 48.8 Å². The summed E-state index contributed by atoms with van der Waals surface area (Å²) in [7, 11) is 0. The second-order valence-electron chi connectivity index (χ2n) is 8.35. The van der Waals surface area contributed by atoms with E-state index in [0.717, 1.165) is 30.5 Å². The molecule has 2 heterocycles. The Kier molecular flexibility index (Phi) is 4.73. The van der Waals surface area contributed by atoms with E-state index in [1.54, 1.807) is 10.7 Å². The third-order valence-corrected chi connectivity index (χ3v) is 6.46. The van der Waals surface area contributed by atoms with Crippen LogP contribution in [-0.2, 0) is 16.1 Å². The first-order chi connectivity index (χ1) is 14.6. The van der Waals surface area contributed by atoms with Gasteiger partial charge in [-0.3, -0.25) is 9.59 Å². The lowest BCUT2D eigenvalue weighted by molar-refractivity contribution is -0.152. The molecule has 1 amide bonds. The lowest BCUT2D eigenvalue weighted by Gasteiger charge is -2.30. The van der Waals surface area contributed by atoms with E-state index in [9.17, 15) is 9.59 Å². The van der Waals surface area contributed by atoms with E-state index < -0.39 is 0 Å². The maximum atomic E-state index is 13.1. The monoisotopic (exact) mass is 404 g/mol. The molecule has 0 spiro atoms. The van der Waals surface area contributed by atoms with Gasteiger partial charge in [0, 0.05) is 17.9 Å². The smallest absolute Gasteiger partial charge is 0.311 e. The molecule has 0 saturated heterocycles. The van der Waals surface area contributed by atoms with E-state index in [-0.39, 0.29) is 36.4 Å². The number of carbonyl (C=O) groups is 2. The third-order valence-electron chi connectivity index (χ3n) is 6.46. The summed E-state index contributed by atoms with van der Waals surface area (Å²) in [6.45, 7) is 2.13. The zero-order valence-corrected chi connectivity index (χ0v) is 16.8. The maximum absolute atomic E-state index is 13.1. The van der Waals surface area contributed by atoms with E-state index >= 15 is 0 Å². The number of aromatic nitrogens is 3. The van der Waals surface area contributed by atoms with Crippen molar-refractivity contribution in [2.45, 2.75) is 38.8 Å². The number of hydrogen-bond donors (Lipinski definition) is 1. The summed E-state index contributed by atoms with van der Waals surface area (Å²) in [6, 6.07) is 11.3. The van der Waals surface area contributed by atoms with Gasteiger partial charge < -0.3 is 10.1 Å². The molecule has 4 unspecified atom stereocenters. The predicted octanol–water partition coefficient (Wildman–Crippen LogP) is 2.93. The van der Waals surface area contributed by atoms with Crippen molar-refractivity contribution in [1.82, 2.24) is 19.9 Å². The molecule has 0 radical (unpaired) electrons. The zero-order valence-electron chi connectivity index (χ0n) is 16.8. The SMILES string of the molecule is Cc1ccn2ncc(C(=O)NC3C4CCC(C4)C3C(=O)OCc3ccccc3)c2n1. The van der Waals surface area contributed by atoms with Crippen molar-refractivity contribution in [3.05, 3.63) is 65.6 Å². The fourth-order valence-corrected chi connectivity index (χ4v) is 5.01. The molecule has 2 saturated carbocycles. The van der Waals surface area contributed by atoms with Crippen LogP contribution < -0.4 is 5.32 Å². The van der Waals surface area contributed by atoms with Crippen molar-refractivity contribution in [2.75, 3.05) is 0 Å². The largest absolute Gasteiger partial charge is 0.461 e. The number of carbonyl (C=O) groups excluding carboxylic acids is 2. The van der Waals surface area contributed by atoms with Crippen LogP contribution in [0.3, 0.4) is 0 Å². The highest BCUT2D eigenvalue weighted by molar-refractivity contribution is 6.00. The Hall–Kier alpha value is -3.22. The minimum atomic E-state index is -0.298. The molecule has 7 nitrogen and oxygen atoms in total. The minimum Gasteiger partial charge on any atom is -0.461 e. The summed E-state index contributed by atoms with van der Waals surface area (Å²) >= 11 is 0. The molecule has 4 atom stereocenters. The van der Waals surface area contributed by atoms with E-state index in [0.29, 0.717) is 17.1 Å². The Balaban J connectivity index is 1.32. The molecule has 154 valence electrons. The van der Waals surface area contributed by atoms with Gasteiger partial charge in [-0.15, -0.1) is 0 Å². The Morgan fingerprint density at radius 2 is 1.97 bits per heavy atom. The topological polar surface area (TPSA) is 85.6 Å². The number of amides is 1. The van der Waals surface area contributed by atoms with Crippen molar-refractivity contribution < 1.29 is 14.3 Å². The Morgan fingerprint density at radius 3 is 2.80 bits per heavy atom. The highest BCUT2D eigenvalue weighted by Crippen LogP contribution is 2.49. The molecule has 2 aromatic heterocycles. The summed E-state index contributed by atoms with van der Waals surface area (Å²) in [5, 5.41) is 7.34. The molecule has 2 bridgehead atoms. The standard InChI is InChI=1S/C23H24N4O3/c1-14-9-10-27-21(25-14)18(12-24-27)22(28)26-20-17-8-7-16(11-17)19(20)23(29)30-13-15-5-3-2-4-6-15/h2-6,9-10,12,16-17,19-20H,7-8,11,13H2,1H3,(H,26,28). The number of ether oxygens (including phenoxy) is 1. The van der Waals surface area contributed by atoms with Gasteiger partial charge in [0.2, 0.25) is 0 Å². The zero-order chi connectivity index (χ0) is 20.7. The molecule has 2 aliphatic rings. The summed E-state index contributed by atoms with van der Waals surface area (Å²) in [5.41, 5.74) is 2.73. The Bertz CT molecular complexity index is 1090. The van der Waals surface area contributed by atoms with E-state index in [1.165, 1.54) is 6.20 Å². The van der Waals surface area contributed by atoms with Crippen molar-refractivity contribution >= 4 is 17.5 Å². The normalized spacial score (nSPS) is 24.8. The first-order valence-corrected chi connectivity index (χ1v) is 10.4. The minimum absolute atomic E-state index is 0.209. The van der Waals surface area contributed by atoms with Crippen molar-refractivity contribution in [2.24, 2.45) is 17.8 Å². The van der Waals surface area contributed by atoms with Crippen molar-refractivity contribution in [3.63, 3.8) is 0 Å². The third kappa shape index (κ3) is 3.34. The highest BCUT2D eigenvalue weighted by Gasteiger charge is 2.52.